The lowest BCUT2D eigenvalue weighted by Crippen LogP contribution is -2.46. The third kappa shape index (κ3) is 4.44. The molecular formula is C22H31N7OS. The summed E-state index contributed by atoms with van der Waals surface area (Å²) in [5.41, 5.74) is 3.09. The minimum Gasteiger partial charge on any atom is -0.376 e. The standard InChI is InChI=1S/C22H31N7OS/c1-22(2,3)17-13-31-18(26-17)12-27-6-8-28(9-7-27)20-19-21(24-14-23-20)29(15-25-19)11-16-5-4-10-30-16/h13-16H,4-12H2,1-3H3. The summed E-state index contributed by atoms with van der Waals surface area (Å²) < 4.78 is 7.90. The number of aromatic nitrogens is 5. The van der Waals surface area contributed by atoms with E-state index in [0.29, 0.717) is 0 Å². The first kappa shape index (κ1) is 20.8. The molecule has 0 bridgehead atoms. The molecule has 166 valence electrons. The molecule has 31 heavy (non-hydrogen) atoms. The van der Waals surface area contributed by atoms with Crippen molar-refractivity contribution in [2.75, 3.05) is 37.7 Å². The van der Waals surface area contributed by atoms with Gasteiger partial charge in [0.15, 0.2) is 17.0 Å². The SMILES string of the molecule is CC(C)(C)c1csc(CN2CCN(c3ncnc4c3ncn4CC3CCCO3)CC2)n1. The van der Waals surface area contributed by atoms with Gasteiger partial charge in [-0.05, 0) is 12.8 Å². The van der Waals surface area contributed by atoms with E-state index in [0.717, 1.165) is 75.7 Å². The van der Waals surface area contributed by atoms with Crippen molar-refractivity contribution in [2.45, 2.75) is 58.2 Å². The van der Waals surface area contributed by atoms with Crippen molar-refractivity contribution in [3.05, 3.63) is 28.7 Å². The lowest BCUT2D eigenvalue weighted by molar-refractivity contribution is 0.0978. The number of thiazole rings is 1. The number of hydrogen-bond donors (Lipinski definition) is 0. The smallest absolute Gasteiger partial charge is 0.165 e. The predicted octanol–water partition coefficient (Wildman–Crippen LogP) is 3.08. The van der Waals surface area contributed by atoms with Gasteiger partial charge in [0.2, 0.25) is 0 Å². The summed E-state index contributed by atoms with van der Waals surface area (Å²) in [4.78, 5) is 23.5. The van der Waals surface area contributed by atoms with Gasteiger partial charge in [0, 0.05) is 43.6 Å². The van der Waals surface area contributed by atoms with Crippen LogP contribution in [0.15, 0.2) is 18.0 Å². The Labute approximate surface area is 187 Å². The first-order valence-corrected chi connectivity index (χ1v) is 12.0. The molecule has 5 rings (SSSR count). The van der Waals surface area contributed by atoms with E-state index in [1.165, 1.54) is 10.7 Å². The Balaban J connectivity index is 1.24. The van der Waals surface area contributed by atoms with Crippen LogP contribution in [-0.4, -0.2) is 68.3 Å². The van der Waals surface area contributed by atoms with Crippen molar-refractivity contribution in [1.29, 1.82) is 0 Å². The molecule has 8 nitrogen and oxygen atoms in total. The normalized spacial score (nSPS) is 20.7. The van der Waals surface area contributed by atoms with Gasteiger partial charge in [-0.3, -0.25) is 4.90 Å². The van der Waals surface area contributed by atoms with Gasteiger partial charge < -0.3 is 14.2 Å². The number of nitrogens with zero attached hydrogens (tertiary/aromatic N) is 7. The second kappa shape index (κ2) is 8.44. The number of hydrogen-bond acceptors (Lipinski definition) is 8. The topological polar surface area (TPSA) is 72.2 Å². The predicted molar refractivity (Wildman–Crippen MR) is 123 cm³/mol. The molecule has 2 aliphatic rings. The van der Waals surface area contributed by atoms with Crippen molar-refractivity contribution >= 4 is 28.3 Å². The maximum Gasteiger partial charge on any atom is 0.165 e. The van der Waals surface area contributed by atoms with Gasteiger partial charge in [-0.25, -0.2) is 19.9 Å². The lowest BCUT2D eigenvalue weighted by atomic mass is 9.93. The maximum atomic E-state index is 5.79. The van der Waals surface area contributed by atoms with Crippen molar-refractivity contribution in [1.82, 2.24) is 29.4 Å². The molecule has 0 saturated carbocycles. The molecule has 1 unspecified atom stereocenters. The average molecular weight is 442 g/mol. The number of imidazole rings is 1. The summed E-state index contributed by atoms with van der Waals surface area (Å²) in [7, 11) is 0. The third-order valence-electron chi connectivity index (χ3n) is 6.16. The minimum absolute atomic E-state index is 0.110. The van der Waals surface area contributed by atoms with Crippen LogP contribution in [0.1, 0.15) is 44.3 Å². The van der Waals surface area contributed by atoms with Gasteiger partial charge in [-0.15, -0.1) is 11.3 Å². The first-order chi connectivity index (χ1) is 15.0. The second-order valence-corrected chi connectivity index (χ2v) is 10.5. The fourth-order valence-electron chi connectivity index (χ4n) is 4.28. The zero-order chi connectivity index (χ0) is 21.4. The quantitative estimate of drug-likeness (QED) is 0.602. The molecule has 0 spiro atoms. The highest BCUT2D eigenvalue weighted by molar-refractivity contribution is 7.09. The van der Waals surface area contributed by atoms with Crippen molar-refractivity contribution in [3.63, 3.8) is 0 Å². The Morgan fingerprint density at radius 3 is 2.68 bits per heavy atom. The first-order valence-electron chi connectivity index (χ1n) is 11.2. The molecule has 2 saturated heterocycles. The van der Waals surface area contributed by atoms with E-state index >= 15 is 0 Å². The molecule has 0 N–H and O–H groups in total. The van der Waals surface area contributed by atoms with Crippen LogP contribution in [0, 0.1) is 0 Å². The Kier molecular flexibility index (Phi) is 5.66. The highest BCUT2D eigenvalue weighted by Crippen LogP contribution is 2.26. The van der Waals surface area contributed by atoms with Crippen molar-refractivity contribution in [2.24, 2.45) is 0 Å². The summed E-state index contributed by atoms with van der Waals surface area (Å²) in [6.07, 6.45) is 6.07. The van der Waals surface area contributed by atoms with Crippen LogP contribution in [-0.2, 0) is 23.2 Å². The van der Waals surface area contributed by atoms with Crippen molar-refractivity contribution < 1.29 is 4.74 Å². The Hall–Kier alpha value is -2.10. The number of ether oxygens (including phenoxy) is 1. The fourth-order valence-corrected chi connectivity index (χ4v) is 5.34. The number of anilines is 1. The molecule has 3 aromatic heterocycles. The second-order valence-electron chi connectivity index (χ2n) is 9.54. The van der Waals surface area contributed by atoms with Gasteiger partial charge in [0.1, 0.15) is 11.3 Å². The molecule has 2 fully saturated rings. The third-order valence-corrected chi connectivity index (χ3v) is 6.99. The Morgan fingerprint density at radius 2 is 1.97 bits per heavy atom. The van der Waals surface area contributed by atoms with Crippen LogP contribution in [0.25, 0.3) is 11.2 Å². The maximum absolute atomic E-state index is 5.79. The summed E-state index contributed by atoms with van der Waals surface area (Å²) in [5, 5.41) is 3.41. The zero-order valence-corrected chi connectivity index (χ0v) is 19.4. The molecule has 0 aromatic carbocycles. The highest BCUT2D eigenvalue weighted by atomic mass is 32.1. The summed E-state index contributed by atoms with van der Waals surface area (Å²) in [5.74, 6) is 0.944. The van der Waals surface area contributed by atoms with E-state index in [2.05, 4.69) is 55.5 Å². The number of piperazine rings is 1. The van der Waals surface area contributed by atoms with Gasteiger partial charge >= 0.3 is 0 Å². The van der Waals surface area contributed by atoms with E-state index in [9.17, 15) is 0 Å². The van der Waals surface area contributed by atoms with Gasteiger partial charge in [0.25, 0.3) is 0 Å². The van der Waals surface area contributed by atoms with E-state index in [4.69, 9.17) is 9.72 Å². The molecule has 0 radical (unpaired) electrons. The largest absolute Gasteiger partial charge is 0.376 e. The summed E-state index contributed by atoms with van der Waals surface area (Å²) in [6, 6.07) is 0. The molecule has 5 heterocycles. The van der Waals surface area contributed by atoms with Crippen LogP contribution < -0.4 is 4.90 Å². The van der Waals surface area contributed by atoms with Crippen LogP contribution in [0.4, 0.5) is 5.82 Å². The Bertz CT molecular complexity index is 1030. The number of fused-ring (bicyclic) bond motifs is 1. The van der Waals surface area contributed by atoms with Crippen LogP contribution in [0.2, 0.25) is 0 Å². The Morgan fingerprint density at radius 1 is 1.13 bits per heavy atom. The summed E-state index contributed by atoms with van der Waals surface area (Å²) >= 11 is 1.77. The molecule has 2 aliphatic heterocycles. The zero-order valence-electron chi connectivity index (χ0n) is 18.6. The molecular weight excluding hydrogens is 410 g/mol. The van der Waals surface area contributed by atoms with Crippen LogP contribution in [0.5, 0.6) is 0 Å². The van der Waals surface area contributed by atoms with Crippen molar-refractivity contribution in [3.8, 4) is 0 Å². The van der Waals surface area contributed by atoms with Gasteiger partial charge in [-0.1, -0.05) is 20.8 Å². The molecule has 1 atom stereocenters. The molecule has 0 amide bonds. The molecule has 3 aromatic rings. The van der Waals surface area contributed by atoms with E-state index < -0.39 is 0 Å². The van der Waals surface area contributed by atoms with E-state index in [1.807, 2.05) is 6.33 Å². The average Bonchev–Trinajstić information content (AvgIpc) is 3.50. The molecule has 0 aliphatic carbocycles. The van der Waals surface area contributed by atoms with Gasteiger partial charge in [0.05, 0.1) is 31.2 Å². The van der Waals surface area contributed by atoms with Gasteiger partial charge in [-0.2, -0.15) is 0 Å². The fraction of sp³-hybridized carbons (Fsp3) is 0.636. The van der Waals surface area contributed by atoms with Crippen LogP contribution >= 0.6 is 11.3 Å². The molecule has 9 heteroatoms. The van der Waals surface area contributed by atoms with Crippen LogP contribution in [0.3, 0.4) is 0 Å². The highest BCUT2D eigenvalue weighted by Gasteiger charge is 2.24. The monoisotopic (exact) mass is 441 g/mol. The lowest BCUT2D eigenvalue weighted by Gasteiger charge is -2.34. The van der Waals surface area contributed by atoms with E-state index in [-0.39, 0.29) is 11.5 Å². The van der Waals surface area contributed by atoms with E-state index in [1.54, 1.807) is 17.7 Å². The number of rotatable bonds is 5. The minimum atomic E-state index is 0.110. The summed E-state index contributed by atoms with van der Waals surface area (Å²) in [6.45, 7) is 13.1.